The topological polar surface area (TPSA) is 80.9 Å². The van der Waals surface area contributed by atoms with Crippen LogP contribution in [0.15, 0.2) is 5.16 Å². The molecule has 1 aromatic heterocycles. The molecule has 1 N–H and O–H groups in total. The molecule has 1 heterocycles. The summed E-state index contributed by atoms with van der Waals surface area (Å²) in [6.45, 7) is 0. The average molecular weight is 310 g/mol. The summed E-state index contributed by atoms with van der Waals surface area (Å²) >= 11 is 0.365. The third-order valence-electron chi connectivity index (χ3n) is 3.11. The number of aliphatic carboxylic acids is 1. The van der Waals surface area contributed by atoms with Crippen molar-refractivity contribution in [3.8, 4) is 0 Å². The van der Waals surface area contributed by atoms with Crippen LogP contribution in [0.5, 0.6) is 0 Å². The Kier molecular flexibility index (Phi) is 4.51. The second kappa shape index (κ2) is 5.98. The van der Waals surface area contributed by atoms with Gasteiger partial charge in [0.25, 0.3) is 0 Å². The molecule has 0 aromatic carbocycles. The maximum absolute atomic E-state index is 12.8. The van der Waals surface area contributed by atoms with Gasteiger partial charge in [-0.1, -0.05) is 24.6 Å². The molecule has 1 unspecified atom stereocenters. The zero-order valence-electron chi connectivity index (χ0n) is 10.4. The molecule has 0 amide bonds. The zero-order valence-corrected chi connectivity index (χ0v) is 11.2. The second-order valence-corrected chi connectivity index (χ2v) is 5.76. The van der Waals surface area contributed by atoms with Crippen molar-refractivity contribution in [3.05, 3.63) is 0 Å². The highest BCUT2D eigenvalue weighted by Crippen LogP contribution is 2.38. The summed E-state index contributed by atoms with van der Waals surface area (Å²) in [5.74, 6) is -1.50. The number of rotatable bonds is 5. The number of carboxylic acids is 1. The van der Waals surface area contributed by atoms with Gasteiger partial charge in [-0.3, -0.25) is 4.79 Å². The highest BCUT2D eigenvalue weighted by molar-refractivity contribution is 7.99. The van der Waals surface area contributed by atoms with E-state index in [2.05, 4.69) is 15.5 Å². The number of halogens is 3. The fraction of sp³-hybridized carbons (Fsp3) is 0.800. The van der Waals surface area contributed by atoms with Gasteiger partial charge in [0.1, 0.15) is 5.25 Å². The number of nitrogens with zero attached hydrogens (tertiary/aromatic N) is 4. The fourth-order valence-electron chi connectivity index (χ4n) is 2.15. The van der Waals surface area contributed by atoms with Crippen LogP contribution < -0.4 is 0 Å². The van der Waals surface area contributed by atoms with E-state index in [1.165, 1.54) is 4.68 Å². The summed E-state index contributed by atoms with van der Waals surface area (Å²) in [4.78, 5) is 10.6. The highest BCUT2D eigenvalue weighted by atomic mass is 32.2. The van der Waals surface area contributed by atoms with Crippen LogP contribution in [-0.2, 0) is 4.79 Å². The first-order valence-corrected chi connectivity index (χ1v) is 6.99. The van der Waals surface area contributed by atoms with Gasteiger partial charge in [0.15, 0.2) is 0 Å². The highest BCUT2D eigenvalue weighted by Gasteiger charge is 2.43. The summed E-state index contributed by atoms with van der Waals surface area (Å²) < 4.78 is 39.8. The van der Waals surface area contributed by atoms with Crippen molar-refractivity contribution in [3.63, 3.8) is 0 Å². The maximum Gasteiger partial charge on any atom is 0.401 e. The van der Waals surface area contributed by atoms with Crippen molar-refractivity contribution in [2.75, 3.05) is 0 Å². The number of hydrogen-bond acceptors (Lipinski definition) is 5. The Labute approximate surface area is 116 Å². The van der Waals surface area contributed by atoms with E-state index in [9.17, 15) is 18.0 Å². The molecular weight excluding hydrogens is 297 g/mol. The van der Waals surface area contributed by atoms with Crippen LogP contribution in [0.4, 0.5) is 13.2 Å². The summed E-state index contributed by atoms with van der Waals surface area (Å²) in [6, 6.07) is 0.00575. The summed E-state index contributed by atoms with van der Waals surface area (Å²) in [6.07, 6.45) is -1.98. The van der Waals surface area contributed by atoms with Crippen molar-refractivity contribution < 1.29 is 23.1 Å². The maximum atomic E-state index is 12.8. The molecule has 1 aromatic rings. The van der Waals surface area contributed by atoms with Crippen molar-refractivity contribution in [1.29, 1.82) is 0 Å². The lowest BCUT2D eigenvalue weighted by Gasteiger charge is -2.18. The van der Waals surface area contributed by atoms with Gasteiger partial charge in [0, 0.05) is 0 Å². The number of thioether (sulfide) groups is 1. The molecule has 1 atom stereocenters. The minimum atomic E-state index is -4.62. The molecule has 0 aliphatic heterocycles. The van der Waals surface area contributed by atoms with Crippen molar-refractivity contribution in [2.24, 2.45) is 0 Å². The Morgan fingerprint density at radius 2 is 2.10 bits per heavy atom. The van der Waals surface area contributed by atoms with E-state index in [1.807, 2.05) is 0 Å². The molecule has 2 rings (SSSR count). The van der Waals surface area contributed by atoms with Crippen molar-refractivity contribution >= 4 is 17.7 Å². The predicted molar refractivity (Wildman–Crippen MR) is 63.3 cm³/mol. The van der Waals surface area contributed by atoms with E-state index in [-0.39, 0.29) is 11.2 Å². The van der Waals surface area contributed by atoms with Crippen LogP contribution >= 0.6 is 11.8 Å². The predicted octanol–water partition coefficient (Wildman–Crippen LogP) is 2.29. The number of hydrogen-bond donors (Lipinski definition) is 1. The van der Waals surface area contributed by atoms with Crippen LogP contribution in [0.2, 0.25) is 0 Å². The standard InChI is InChI=1S/C10H13F3N4O2S/c11-10(12,13)7(5-8(18)19)20-9-14-15-16-17(9)6-3-1-2-4-6/h6-7H,1-5H2,(H,18,19). The lowest BCUT2D eigenvalue weighted by atomic mass is 10.3. The van der Waals surface area contributed by atoms with Gasteiger partial charge in [-0.15, -0.1) is 5.10 Å². The molecule has 10 heteroatoms. The van der Waals surface area contributed by atoms with Gasteiger partial charge in [-0.2, -0.15) is 13.2 Å². The van der Waals surface area contributed by atoms with Crippen LogP contribution in [-0.4, -0.2) is 42.7 Å². The average Bonchev–Trinajstić information content (AvgIpc) is 2.95. The van der Waals surface area contributed by atoms with Crippen LogP contribution in [0.25, 0.3) is 0 Å². The molecule has 6 nitrogen and oxygen atoms in total. The molecule has 1 aliphatic rings. The van der Waals surface area contributed by atoms with Gasteiger partial charge in [0.05, 0.1) is 12.5 Å². The lowest BCUT2D eigenvalue weighted by Crippen LogP contribution is -2.29. The van der Waals surface area contributed by atoms with Gasteiger partial charge < -0.3 is 5.11 Å². The van der Waals surface area contributed by atoms with Gasteiger partial charge in [-0.25, -0.2) is 4.68 Å². The SMILES string of the molecule is O=C(O)CC(Sc1nnnn1C1CCCC1)C(F)(F)F. The first-order valence-electron chi connectivity index (χ1n) is 6.11. The van der Waals surface area contributed by atoms with Crippen LogP contribution in [0, 0.1) is 0 Å². The molecule has 20 heavy (non-hydrogen) atoms. The van der Waals surface area contributed by atoms with E-state index >= 15 is 0 Å². The minimum Gasteiger partial charge on any atom is -0.481 e. The Balaban J connectivity index is 2.14. The summed E-state index contributed by atoms with van der Waals surface area (Å²) in [5.41, 5.74) is 0. The van der Waals surface area contributed by atoms with Gasteiger partial charge in [-0.05, 0) is 23.3 Å². The number of carboxylic acid groups (broad SMARTS) is 1. The molecule has 1 fully saturated rings. The molecule has 0 bridgehead atoms. The third kappa shape index (κ3) is 3.62. The van der Waals surface area contributed by atoms with E-state index in [0.717, 1.165) is 25.7 Å². The summed E-state index contributed by atoms with van der Waals surface area (Å²) in [5, 5.41) is 17.3. The first kappa shape index (κ1) is 15.1. The Morgan fingerprint density at radius 3 is 2.65 bits per heavy atom. The van der Waals surface area contributed by atoms with E-state index in [1.54, 1.807) is 0 Å². The first-order chi connectivity index (χ1) is 9.38. The Bertz CT molecular complexity index is 473. The molecule has 1 saturated carbocycles. The van der Waals surface area contributed by atoms with E-state index < -0.39 is 23.8 Å². The number of alkyl halides is 3. The quantitative estimate of drug-likeness (QED) is 0.840. The van der Waals surface area contributed by atoms with Gasteiger partial charge >= 0.3 is 12.1 Å². The lowest BCUT2D eigenvalue weighted by molar-refractivity contribution is -0.149. The van der Waals surface area contributed by atoms with Gasteiger partial charge in [0.2, 0.25) is 5.16 Å². The molecular formula is C10H13F3N4O2S. The number of tetrazole rings is 1. The summed E-state index contributed by atoms with van der Waals surface area (Å²) in [7, 11) is 0. The number of carbonyl (C=O) groups is 1. The van der Waals surface area contributed by atoms with Crippen molar-refractivity contribution in [2.45, 2.75) is 54.7 Å². The van der Waals surface area contributed by atoms with Crippen molar-refractivity contribution in [1.82, 2.24) is 20.2 Å². The normalized spacial score (nSPS) is 18.4. The largest absolute Gasteiger partial charge is 0.481 e. The van der Waals surface area contributed by atoms with E-state index in [4.69, 9.17) is 5.11 Å². The molecule has 0 radical (unpaired) electrons. The fourth-order valence-corrected chi connectivity index (χ4v) is 3.14. The monoisotopic (exact) mass is 310 g/mol. The smallest absolute Gasteiger partial charge is 0.401 e. The molecule has 0 saturated heterocycles. The Hall–Kier alpha value is -1.32. The van der Waals surface area contributed by atoms with Crippen LogP contribution in [0.3, 0.4) is 0 Å². The molecule has 112 valence electrons. The minimum absolute atomic E-state index is 0.00575. The van der Waals surface area contributed by atoms with E-state index in [0.29, 0.717) is 11.8 Å². The van der Waals surface area contributed by atoms with Crippen LogP contribution in [0.1, 0.15) is 38.1 Å². The second-order valence-electron chi connectivity index (χ2n) is 4.59. The number of aromatic nitrogens is 4. The third-order valence-corrected chi connectivity index (χ3v) is 4.30. The molecule has 1 aliphatic carbocycles. The molecule has 0 spiro atoms. The zero-order chi connectivity index (χ0) is 14.8. The Morgan fingerprint density at radius 1 is 1.45 bits per heavy atom.